The second-order valence-electron chi connectivity index (χ2n) is 9.99. The molecular weight excluding hydrogens is 440 g/mol. The van der Waals surface area contributed by atoms with Crippen molar-refractivity contribution >= 4 is 0 Å². The monoisotopic (exact) mass is 484 g/mol. The van der Waals surface area contributed by atoms with Gasteiger partial charge in [0.1, 0.15) is 11.5 Å². The highest BCUT2D eigenvalue weighted by atomic mass is 16.5. The van der Waals surface area contributed by atoms with E-state index in [4.69, 9.17) is 9.47 Å². The van der Waals surface area contributed by atoms with Gasteiger partial charge in [-0.1, -0.05) is 38.1 Å². The van der Waals surface area contributed by atoms with E-state index in [0.717, 1.165) is 79.2 Å². The molecule has 0 radical (unpaired) electrons. The lowest BCUT2D eigenvalue weighted by molar-refractivity contribution is 0.173. The molecule has 1 saturated heterocycles. The van der Waals surface area contributed by atoms with Gasteiger partial charge in [-0.2, -0.15) is 0 Å². The van der Waals surface area contributed by atoms with Crippen molar-refractivity contribution in [2.24, 2.45) is 5.92 Å². The molecular formula is C29H44N2O4. The van der Waals surface area contributed by atoms with Crippen LogP contribution in [0.2, 0.25) is 0 Å². The number of aliphatic hydroxyl groups is 2. The highest BCUT2D eigenvalue weighted by Crippen LogP contribution is 2.35. The van der Waals surface area contributed by atoms with Gasteiger partial charge in [0.2, 0.25) is 0 Å². The molecule has 2 aromatic carbocycles. The van der Waals surface area contributed by atoms with Crippen LogP contribution in [0, 0.1) is 19.8 Å². The molecule has 0 spiro atoms. The van der Waals surface area contributed by atoms with E-state index in [1.165, 1.54) is 0 Å². The molecule has 0 bridgehead atoms. The predicted molar refractivity (Wildman–Crippen MR) is 142 cm³/mol. The first-order valence-corrected chi connectivity index (χ1v) is 13.1. The summed E-state index contributed by atoms with van der Waals surface area (Å²) in [6.07, 6.45) is 2.54. The van der Waals surface area contributed by atoms with Crippen LogP contribution in [0.25, 0.3) is 11.1 Å². The molecule has 6 heteroatoms. The standard InChI is InChI=1S/C29H44N2O4/c1-21(2)27(20-32)30-14-7-17-34-28-11-5-9-25(22(28)3)26-10-6-12-29(23(26)4)35-18-8-15-31-16-13-24(33)19-31/h5-6,9-12,21,24,27,30,32-33H,7-8,13-20H2,1-4H3/t24-,27?/m1/s1. The topological polar surface area (TPSA) is 74.2 Å². The third kappa shape index (κ3) is 7.94. The van der Waals surface area contributed by atoms with E-state index in [1.807, 2.05) is 18.2 Å². The van der Waals surface area contributed by atoms with Crippen LogP contribution in [-0.2, 0) is 0 Å². The first kappa shape index (κ1) is 27.5. The maximum atomic E-state index is 9.68. The lowest BCUT2D eigenvalue weighted by atomic mass is 9.95. The van der Waals surface area contributed by atoms with Crippen molar-refractivity contribution in [2.45, 2.75) is 59.1 Å². The maximum Gasteiger partial charge on any atom is 0.122 e. The number of hydrogen-bond donors (Lipinski definition) is 3. The highest BCUT2D eigenvalue weighted by molar-refractivity contribution is 5.74. The number of likely N-dealkylation sites (tertiary alicyclic amines) is 1. The number of nitrogens with one attached hydrogen (secondary N) is 1. The Labute approximate surface area is 211 Å². The molecule has 0 amide bonds. The van der Waals surface area contributed by atoms with Gasteiger partial charge in [-0.15, -0.1) is 0 Å². The zero-order valence-electron chi connectivity index (χ0n) is 21.9. The molecule has 1 fully saturated rings. The Bertz CT molecular complexity index is 918. The maximum absolute atomic E-state index is 9.68. The largest absolute Gasteiger partial charge is 0.493 e. The van der Waals surface area contributed by atoms with Crippen LogP contribution in [0.15, 0.2) is 36.4 Å². The van der Waals surface area contributed by atoms with Crippen LogP contribution in [-0.4, -0.2) is 73.3 Å². The van der Waals surface area contributed by atoms with Gasteiger partial charge in [0.25, 0.3) is 0 Å². The van der Waals surface area contributed by atoms with Crippen molar-refractivity contribution in [3.05, 3.63) is 47.5 Å². The summed E-state index contributed by atoms with van der Waals surface area (Å²) >= 11 is 0. The first-order valence-electron chi connectivity index (χ1n) is 13.1. The van der Waals surface area contributed by atoms with E-state index in [-0.39, 0.29) is 18.8 Å². The average molecular weight is 485 g/mol. The number of β-amino-alcohol motifs (C(OH)–C–C–N with tert-alkyl or cyclic N) is 1. The molecule has 0 saturated carbocycles. The smallest absolute Gasteiger partial charge is 0.122 e. The minimum Gasteiger partial charge on any atom is -0.493 e. The summed E-state index contributed by atoms with van der Waals surface area (Å²) in [4.78, 5) is 2.30. The summed E-state index contributed by atoms with van der Waals surface area (Å²) in [5, 5.41) is 22.5. The summed E-state index contributed by atoms with van der Waals surface area (Å²) in [6, 6.07) is 12.6. The molecule has 2 aromatic rings. The van der Waals surface area contributed by atoms with Gasteiger partial charge in [-0.3, -0.25) is 0 Å². The van der Waals surface area contributed by atoms with Crippen LogP contribution < -0.4 is 14.8 Å². The quantitative estimate of drug-likeness (QED) is 0.349. The van der Waals surface area contributed by atoms with E-state index >= 15 is 0 Å². The van der Waals surface area contributed by atoms with Crippen molar-refractivity contribution in [3.63, 3.8) is 0 Å². The van der Waals surface area contributed by atoms with Crippen LogP contribution in [0.4, 0.5) is 0 Å². The molecule has 1 aliphatic rings. The van der Waals surface area contributed by atoms with Gasteiger partial charge in [-0.25, -0.2) is 0 Å². The summed E-state index contributed by atoms with van der Waals surface area (Å²) in [5.41, 5.74) is 4.59. The summed E-state index contributed by atoms with van der Waals surface area (Å²) in [5.74, 6) is 2.23. The van der Waals surface area contributed by atoms with Gasteiger partial charge < -0.3 is 29.9 Å². The summed E-state index contributed by atoms with van der Waals surface area (Å²) in [6.45, 7) is 13.4. The Morgan fingerprint density at radius 1 is 0.971 bits per heavy atom. The van der Waals surface area contributed by atoms with Crippen LogP contribution >= 0.6 is 0 Å². The van der Waals surface area contributed by atoms with Crippen molar-refractivity contribution < 1.29 is 19.7 Å². The van der Waals surface area contributed by atoms with Crippen molar-refractivity contribution in [1.82, 2.24) is 10.2 Å². The zero-order chi connectivity index (χ0) is 25.2. The van der Waals surface area contributed by atoms with Gasteiger partial charge in [0.05, 0.1) is 25.9 Å². The van der Waals surface area contributed by atoms with Crippen molar-refractivity contribution in [3.8, 4) is 22.6 Å². The minimum atomic E-state index is -0.169. The molecule has 3 N–H and O–H groups in total. The second kappa shape index (κ2) is 13.8. The predicted octanol–water partition coefficient (Wildman–Crippen LogP) is 4.18. The molecule has 6 nitrogen and oxygen atoms in total. The summed E-state index contributed by atoms with van der Waals surface area (Å²) < 4.78 is 12.3. The summed E-state index contributed by atoms with van der Waals surface area (Å²) in [7, 11) is 0. The van der Waals surface area contributed by atoms with Crippen molar-refractivity contribution in [2.75, 3.05) is 46.0 Å². The molecule has 194 valence electrons. The Kier molecular flexibility index (Phi) is 10.9. The minimum absolute atomic E-state index is 0.130. The molecule has 0 aliphatic carbocycles. The van der Waals surface area contributed by atoms with Gasteiger partial charge in [-0.05, 0) is 80.0 Å². The fraction of sp³-hybridized carbons (Fsp3) is 0.586. The number of aliphatic hydroxyl groups excluding tert-OH is 2. The van der Waals surface area contributed by atoms with E-state index in [9.17, 15) is 10.2 Å². The first-order chi connectivity index (χ1) is 16.9. The van der Waals surface area contributed by atoms with E-state index in [0.29, 0.717) is 19.1 Å². The lowest BCUT2D eigenvalue weighted by Crippen LogP contribution is -2.37. The molecule has 35 heavy (non-hydrogen) atoms. The molecule has 2 atom stereocenters. The van der Waals surface area contributed by atoms with Crippen molar-refractivity contribution in [1.29, 1.82) is 0 Å². The SMILES string of the molecule is Cc1c(OCCCNC(CO)C(C)C)cccc1-c1cccc(OCCCN2CC[C@@H](O)C2)c1C. The molecule has 0 aromatic heterocycles. The normalized spacial score (nSPS) is 17.2. The second-order valence-corrected chi connectivity index (χ2v) is 9.99. The molecule has 3 rings (SSSR count). The number of benzene rings is 2. The Morgan fingerprint density at radius 2 is 1.57 bits per heavy atom. The van der Waals surface area contributed by atoms with Crippen LogP contribution in [0.3, 0.4) is 0 Å². The number of hydrogen-bond acceptors (Lipinski definition) is 6. The Balaban J connectivity index is 1.55. The average Bonchev–Trinajstić information content (AvgIpc) is 3.26. The molecule has 1 unspecified atom stereocenters. The van der Waals surface area contributed by atoms with E-state index in [1.54, 1.807) is 0 Å². The van der Waals surface area contributed by atoms with Crippen LogP contribution in [0.1, 0.15) is 44.2 Å². The third-order valence-corrected chi connectivity index (χ3v) is 6.97. The van der Waals surface area contributed by atoms with Gasteiger partial charge in [0, 0.05) is 25.7 Å². The number of rotatable bonds is 14. The van der Waals surface area contributed by atoms with E-state index < -0.39 is 0 Å². The van der Waals surface area contributed by atoms with Gasteiger partial charge >= 0.3 is 0 Å². The number of nitrogens with zero attached hydrogens (tertiary/aromatic N) is 1. The Morgan fingerprint density at radius 3 is 2.09 bits per heavy atom. The zero-order valence-corrected chi connectivity index (χ0v) is 21.9. The molecule has 1 heterocycles. The third-order valence-electron chi connectivity index (χ3n) is 6.97. The fourth-order valence-electron chi connectivity index (χ4n) is 4.66. The number of ether oxygens (including phenoxy) is 2. The lowest BCUT2D eigenvalue weighted by Gasteiger charge is -2.20. The van der Waals surface area contributed by atoms with Gasteiger partial charge in [0.15, 0.2) is 0 Å². The molecule has 1 aliphatic heterocycles. The van der Waals surface area contributed by atoms with Crippen LogP contribution in [0.5, 0.6) is 11.5 Å². The highest BCUT2D eigenvalue weighted by Gasteiger charge is 2.19. The Hall–Kier alpha value is -2.12. The fourth-order valence-corrected chi connectivity index (χ4v) is 4.66. The van der Waals surface area contributed by atoms with E-state index in [2.05, 4.69) is 56.1 Å².